The largest absolute Gasteiger partial charge is 0.480 e. The van der Waals surface area contributed by atoms with Crippen molar-refractivity contribution in [2.75, 3.05) is 32.1 Å². The smallest absolute Gasteiger partial charge is 0.237 e. The summed E-state index contributed by atoms with van der Waals surface area (Å²) >= 11 is 0. The molecule has 0 saturated carbocycles. The molecule has 106 valence electrons. The summed E-state index contributed by atoms with van der Waals surface area (Å²) in [6.07, 6.45) is 6.69. The first-order valence-corrected chi connectivity index (χ1v) is 7.31. The number of pyridine rings is 1. The molecule has 1 saturated heterocycles. The van der Waals surface area contributed by atoms with Crippen molar-refractivity contribution in [3.8, 4) is 5.88 Å². The Bertz CT molecular complexity index is 383. The number of hydrogen-bond acceptors (Lipinski definition) is 4. The Morgan fingerprint density at radius 2 is 2.32 bits per heavy atom. The van der Waals surface area contributed by atoms with Gasteiger partial charge in [0.1, 0.15) is 0 Å². The minimum Gasteiger partial charge on any atom is -0.480 e. The third kappa shape index (κ3) is 4.10. The van der Waals surface area contributed by atoms with E-state index in [9.17, 15) is 0 Å². The molecule has 1 aromatic rings. The van der Waals surface area contributed by atoms with Gasteiger partial charge in [-0.3, -0.25) is 0 Å². The molecule has 0 radical (unpaired) electrons. The van der Waals surface area contributed by atoms with Crippen LogP contribution in [0.3, 0.4) is 0 Å². The number of anilines is 1. The summed E-state index contributed by atoms with van der Waals surface area (Å²) in [7, 11) is 1.67. The van der Waals surface area contributed by atoms with Gasteiger partial charge < -0.3 is 15.0 Å². The van der Waals surface area contributed by atoms with Crippen molar-refractivity contribution >= 4 is 5.69 Å². The van der Waals surface area contributed by atoms with Crippen molar-refractivity contribution in [1.82, 2.24) is 9.88 Å². The lowest BCUT2D eigenvalue weighted by atomic mass is 10.1. The predicted molar refractivity (Wildman–Crippen MR) is 78.8 cm³/mol. The minimum absolute atomic E-state index is 0.528. The van der Waals surface area contributed by atoms with Crippen LogP contribution >= 0.6 is 0 Å². The van der Waals surface area contributed by atoms with E-state index >= 15 is 0 Å². The van der Waals surface area contributed by atoms with Gasteiger partial charge in [0.25, 0.3) is 0 Å². The topological polar surface area (TPSA) is 37.4 Å². The second kappa shape index (κ2) is 7.34. The van der Waals surface area contributed by atoms with Crippen molar-refractivity contribution in [3.05, 3.63) is 18.3 Å². The van der Waals surface area contributed by atoms with Gasteiger partial charge in [0.2, 0.25) is 5.88 Å². The zero-order valence-electron chi connectivity index (χ0n) is 12.1. The molecule has 0 bridgehead atoms. The van der Waals surface area contributed by atoms with Gasteiger partial charge in [-0.15, -0.1) is 0 Å². The van der Waals surface area contributed by atoms with Crippen molar-refractivity contribution < 1.29 is 4.74 Å². The second-order valence-corrected chi connectivity index (χ2v) is 5.17. The molecular formula is C15H25N3O. The van der Waals surface area contributed by atoms with Crippen LogP contribution in [0.25, 0.3) is 0 Å². The van der Waals surface area contributed by atoms with Crippen LogP contribution in [0.1, 0.15) is 32.6 Å². The molecule has 1 unspecified atom stereocenters. The molecule has 1 fully saturated rings. The Kier molecular flexibility index (Phi) is 5.45. The number of rotatable bonds is 5. The molecule has 1 atom stereocenters. The summed E-state index contributed by atoms with van der Waals surface area (Å²) in [6, 6.07) is 4.52. The van der Waals surface area contributed by atoms with E-state index in [1.54, 1.807) is 13.3 Å². The number of nitrogens with zero attached hydrogens (tertiary/aromatic N) is 2. The molecule has 0 aromatic carbocycles. The zero-order valence-corrected chi connectivity index (χ0v) is 12.1. The Morgan fingerprint density at radius 3 is 3.11 bits per heavy atom. The molecular weight excluding hydrogens is 238 g/mol. The van der Waals surface area contributed by atoms with E-state index in [1.807, 2.05) is 12.1 Å². The van der Waals surface area contributed by atoms with E-state index in [1.165, 1.54) is 45.3 Å². The lowest BCUT2D eigenvalue weighted by Crippen LogP contribution is -2.27. The first-order valence-electron chi connectivity index (χ1n) is 7.31. The first kappa shape index (κ1) is 14.1. The fourth-order valence-electron chi connectivity index (χ4n) is 2.72. The van der Waals surface area contributed by atoms with Crippen molar-refractivity contribution in [2.24, 2.45) is 0 Å². The Morgan fingerprint density at radius 1 is 1.42 bits per heavy atom. The summed E-state index contributed by atoms with van der Waals surface area (Å²) in [5.41, 5.74) is 1.01. The fraction of sp³-hybridized carbons (Fsp3) is 0.667. The predicted octanol–water partition coefficient (Wildman–Crippen LogP) is 2.77. The third-order valence-electron chi connectivity index (χ3n) is 3.68. The number of ether oxygens (including phenoxy) is 1. The van der Waals surface area contributed by atoms with Gasteiger partial charge in [-0.2, -0.15) is 0 Å². The summed E-state index contributed by atoms with van der Waals surface area (Å²) in [4.78, 5) is 6.81. The molecule has 19 heavy (non-hydrogen) atoms. The van der Waals surface area contributed by atoms with Gasteiger partial charge >= 0.3 is 0 Å². The highest BCUT2D eigenvalue weighted by atomic mass is 16.5. The van der Waals surface area contributed by atoms with E-state index in [0.717, 1.165) is 5.69 Å². The number of hydrogen-bond donors (Lipinski definition) is 1. The minimum atomic E-state index is 0.528. The molecule has 4 heteroatoms. The van der Waals surface area contributed by atoms with E-state index in [-0.39, 0.29) is 0 Å². The van der Waals surface area contributed by atoms with Gasteiger partial charge in [0.05, 0.1) is 12.8 Å². The number of nitrogens with one attached hydrogen (secondary N) is 1. The van der Waals surface area contributed by atoms with E-state index in [2.05, 4.69) is 22.1 Å². The van der Waals surface area contributed by atoms with Crippen molar-refractivity contribution in [2.45, 2.75) is 38.6 Å². The van der Waals surface area contributed by atoms with Gasteiger partial charge in [0, 0.05) is 18.8 Å². The highest BCUT2D eigenvalue weighted by Crippen LogP contribution is 2.23. The first-order chi connectivity index (χ1) is 9.33. The lowest BCUT2D eigenvalue weighted by molar-refractivity contribution is 0.285. The van der Waals surface area contributed by atoms with Crippen LogP contribution in [0.4, 0.5) is 5.69 Å². The molecule has 0 aliphatic carbocycles. The molecule has 1 N–H and O–H groups in total. The van der Waals surface area contributed by atoms with Crippen LogP contribution in [0.5, 0.6) is 5.88 Å². The summed E-state index contributed by atoms with van der Waals surface area (Å²) in [6.45, 7) is 5.90. The molecule has 1 aliphatic rings. The molecule has 1 aromatic heterocycles. The Labute approximate surface area is 116 Å². The maximum Gasteiger partial charge on any atom is 0.237 e. The number of aromatic nitrogens is 1. The summed E-state index contributed by atoms with van der Waals surface area (Å²) in [5, 5.41) is 3.59. The van der Waals surface area contributed by atoms with Crippen LogP contribution in [0.15, 0.2) is 18.3 Å². The van der Waals surface area contributed by atoms with Crippen LogP contribution in [-0.4, -0.2) is 42.7 Å². The van der Waals surface area contributed by atoms with E-state index in [0.29, 0.717) is 11.9 Å². The highest BCUT2D eigenvalue weighted by Gasteiger charge is 2.17. The van der Waals surface area contributed by atoms with Gasteiger partial charge in [0.15, 0.2) is 0 Å². The van der Waals surface area contributed by atoms with Crippen LogP contribution in [0.2, 0.25) is 0 Å². The molecule has 2 heterocycles. The fourth-order valence-corrected chi connectivity index (χ4v) is 2.72. The number of likely N-dealkylation sites (tertiary alicyclic amines) is 1. The maximum atomic E-state index is 5.29. The maximum absolute atomic E-state index is 5.29. The van der Waals surface area contributed by atoms with Gasteiger partial charge in [-0.1, -0.05) is 6.92 Å². The van der Waals surface area contributed by atoms with Gasteiger partial charge in [-0.25, -0.2) is 4.98 Å². The Balaban J connectivity index is 1.92. The molecule has 2 rings (SSSR count). The number of methoxy groups -OCH3 is 1. The van der Waals surface area contributed by atoms with Crippen LogP contribution in [0, 0.1) is 0 Å². The summed E-state index contributed by atoms with van der Waals surface area (Å²) < 4.78 is 5.29. The zero-order chi connectivity index (χ0) is 13.5. The second-order valence-electron chi connectivity index (χ2n) is 5.17. The monoisotopic (exact) mass is 263 g/mol. The Hall–Kier alpha value is -1.29. The van der Waals surface area contributed by atoms with Crippen LogP contribution < -0.4 is 10.1 Å². The third-order valence-corrected chi connectivity index (χ3v) is 3.68. The molecule has 1 aliphatic heterocycles. The standard InChI is InChI=1S/C15H25N3O/c1-3-10-18-11-5-6-13(8-12-18)17-14-7-4-9-16-15(14)19-2/h4,7,9,13,17H,3,5-6,8,10-12H2,1-2H3. The van der Waals surface area contributed by atoms with E-state index in [4.69, 9.17) is 4.74 Å². The average molecular weight is 263 g/mol. The lowest BCUT2D eigenvalue weighted by Gasteiger charge is -2.20. The highest BCUT2D eigenvalue weighted by molar-refractivity contribution is 5.52. The van der Waals surface area contributed by atoms with E-state index < -0.39 is 0 Å². The molecule has 0 spiro atoms. The normalized spacial score (nSPS) is 20.8. The van der Waals surface area contributed by atoms with Crippen molar-refractivity contribution in [1.29, 1.82) is 0 Å². The molecule has 4 nitrogen and oxygen atoms in total. The quantitative estimate of drug-likeness (QED) is 0.886. The van der Waals surface area contributed by atoms with Crippen molar-refractivity contribution in [3.63, 3.8) is 0 Å². The van der Waals surface area contributed by atoms with Gasteiger partial charge in [-0.05, 0) is 50.9 Å². The molecule has 0 amide bonds. The SMILES string of the molecule is CCCN1CCCC(Nc2cccnc2OC)CC1. The van der Waals surface area contributed by atoms with Crippen LogP contribution in [-0.2, 0) is 0 Å². The average Bonchev–Trinajstić information content (AvgIpc) is 2.66. The summed E-state index contributed by atoms with van der Waals surface area (Å²) in [5.74, 6) is 0.692.